The molecule has 0 atom stereocenters. The van der Waals surface area contributed by atoms with E-state index in [1.54, 1.807) is 0 Å². The maximum atomic E-state index is 5.65. The second-order valence-electron chi connectivity index (χ2n) is 3.88. The summed E-state index contributed by atoms with van der Waals surface area (Å²) in [6.45, 7) is 4.06. The van der Waals surface area contributed by atoms with Crippen molar-refractivity contribution >= 4 is 5.69 Å². The molecule has 0 fully saturated rings. The van der Waals surface area contributed by atoms with Gasteiger partial charge in [0.1, 0.15) is 11.5 Å². The fourth-order valence-corrected chi connectivity index (χ4v) is 1.68. The molecule has 2 N–H and O–H groups in total. The molecule has 3 nitrogen and oxygen atoms in total. The molecule has 0 aliphatic carbocycles. The molecule has 0 bridgehead atoms. The van der Waals surface area contributed by atoms with Crippen LogP contribution in [0.25, 0.3) is 11.3 Å². The fourth-order valence-electron chi connectivity index (χ4n) is 1.68. The molecular formula is C13H16N2O. The standard InChI is InChI=1S/C13H16N2O/c1-3-4-12-15-13(9(2)16-12)10-5-7-11(14)8-6-10/h5-8H,3-4,14H2,1-2H3. The first-order valence-electron chi connectivity index (χ1n) is 5.53. The van der Waals surface area contributed by atoms with Crippen LogP contribution in [0.1, 0.15) is 25.0 Å². The predicted molar refractivity (Wildman–Crippen MR) is 65.1 cm³/mol. The van der Waals surface area contributed by atoms with E-state index in [1.165, 1.54) is 0 Å². The Hall–Kier alpha value is -1.77. The third-order valence-electron chi connectivity index (χ3n) is 2.49. The van der Waals surface area contributed by atoms with Gasteiger partial charge in [-0.1, -0.05) is 19.1 Å². The highest BCUT2D eigenvalue weighted by molar-refractivity contribution is 5.63. The van der Waals surface area contributed by atoms with Gasteiger partial charge in [0.25, 0.3) is 0 Å². The predicted octanol–water partition coefficient (Wildman–Crippen LogP) is 3.18. The molecule has 1 aromatic carbocycles. The van der Waals surface area contributed by atoms with Crippen LogP contribution < -0.4 is 5.73 Å². The number of rotatable bonds is 3. The first-order chi connectivity index (χ1) is 7.70. The van der Waals surface area contributed by atoms with Crippen LogP contribution in [0, 0.1) is 6.92 Å². The summed E-state index contributed by atoms with van der Waals surface area (Å²) in [4.78, 5) is 4.49. The summed E-state index contributed by atoms with van der Waals surface area (Å²) in [5, 5.41) is 0. The molecule has 0 aliphatic rings. The minimum Gasteiger partial charge on any atom is -0.445 e. The van der Waals surface area contributed by atoms with Crippen LogP contribution in [0.2, 0.25) is 0 Å². The van der Waals surface area contributed by atoms with Gasteiger partial charge in [-0.15, -0.1) is 0 Å². The van der Waals surface area contributed by atoms with Crippen molar-refractivity contribution in [1.82, 2.24) is 4.98 Å². The number of anilines is 1. The number of benzene rings is 1. The normalized spacial score (nSPS) is 10.6. The molecule has 1 heterocycles. The zero-order valence-corrected chi connectivity index (χ0v) is 9.66. The molecule has 0 radical (unpaired) electrons. The van der Waals surface area contributed by atoms with Gasteiger partial charge in [-0.05, 0) is 25.5 Å². The van der Waals surface area contributed by atoms with Crippen molar-refractivity contribution in [3.8, 4) is 11.3 Å². The van der Waals surface area contributed by atoms with Crippen LogP contribution in [0.5, 0.6) is 0 Å². The Morgan fingerprint density at radius 3 is 2.56 bits per heavy atom. The van der Waals surface area contributed by atoms with E-state index < -0.39 is 0 Å². The van der Waals surface area contributed by atoms with Crippen molar-refractivity contribution in [2.75, 3.05) is 5.73 Å². The largest absolute Gasteiger partial charge is 0.445 e. The molecule has 2 aromatic rings. The van der Waals surface area contributed by atoms with Crippen molar-refractivity contribution in [2.24, 2.45) is 0 Å². The third kappa shape index (κ3) is 2.08. The summed E-state index contributed by atoms with van der Waals surface area (Å²) in [5.74, 6) is 1.68. The summed E-state index contributed by atoms with van der Waals surface area (Å²) in [6, 6.07) is 7.69. The number of nitrogen functional groups attached to an aromatic ring is 1. The van der Waals surface area contributed by atoms with E-state index in [9.17, 15) is 0 Å². The maximum Gasteiger partial charge on any atom is 0.194 e. The molecule has 0 saturated carbocycles. The van der Waals surface area contributed by atoms with Crippen molar-refractivity contribution in [1.29, 1.82) is 0 Å². The minimum absolute atomic E-state index is 0.763. The first kappa shape index (κ1) is 10.7. The van der Waals surface area contributed by atoms with E-state index in [0.29, 0.717) is 0 Å². The quantitative estimate of drug-likeness (QED) is 0.801. The second-order valence-corrected chi connectivity index (χ2v) is 3.88. The monoisotopic (exact) mass is 216 g/mol. The number of hydrogen-bond donors (Lipinski definition) is 1. The van der Waals surface area contributed by atoms with Gasteiger partial charge in [-0.3, -0.25) is 0 Å². The molecule has 16 heavy (non-hydrogen) atoms. The number of aromatic nitrogens is 1. The molecule has 0 aliphatic heterocycles. The lowest BCUT2D eigenvalue weighted by Crippen LogP contribution is -1.86. The summed E-state index contributed by atoms with van der Waals surface area (Å²) in [7, 11) is 0. The van der Waals surface area contributed by atoms with Gasteiger partial charge in [0.2, 0.25) is 0 Å². The average Bonchev–Trinajstić information content (AvgIpc) is 2.61. The van der Waals surface area contributed by atoms with Crippen LogP contribution in [-0.2, 0) is 6.42 Å². The molecule has 1 aromatic heterocycles. The highest BCUT2D eigenvalue weighted by Crippen LogP contribution is 2.24. The van der Waals surface area contributed by atoms with Gasteiger partial charge in [0.05, 0.1) is 0 Å². The van der Waals surface area contributed by atoms with Crippen molar-refractivity contribution < 1.29 is 4.42 Å². The van der Waals surface area contributed by atoms with E-state index in [2.05, 4.69) is 11.9 Å². The number of nitrogens with two attached hydrogens (primary N) is 1. The Bertz CT molecular complexity index is 471. The average molecular weight is 216 g/mol. The molecule has 0 saturated heterocycles. The Labute approximate surface area is 95.3 Å². The highest BCUT2D eigenvalue weighted by atomic mass is 16.4. The lowest BCUT2D eigenvalue weighted by molar-refractivity contribution is 0.469. The maximum absolute atomic E-state index is 5.65. The molecule has 3 heteroatoms. The van der Waals surface area contributed by atoms with E-state index in [1.807, 2.05) is 31.2 Å². The second kappa shape index (κ2) is 4.39. The highest BCUT2D eigenvalue weighted by Gasteiger charge is 2.10. The van der Waals surface area contributed by atoms with E-state index in [4.69, 9.17) is 10.2 Å². The van der Waals surface area contributed by atoms with Gasteiger partial charge >= 0.3 is 0 Å². The number of oxazole rings is 1. The number of aryl methyl sites for hydroxylation is 2. The first-order valence-corrected chi connectivity index (χ1v) is 5.53. The topological polar surface area (TPSA) is 52.0 Å². The van der Waals surface area contributed by atoms with Crippen molar-refractivity contribution in [3.05, 3.63) is 35.9 Å². The van der Waals surface area contributed by atoms with Crippen LogP contribution >= 0.6 is 0 Å². The molecule has 84 valence electrons. The summed E-state index contributed by atoms with van der Waals surface area (Å²) < 4.78 is 5.60. The SMILES string of the molecule is CCCc1nc(-c2ccc(N)cc2)c(C)o1. The Morgan fingerprint density at radius 1 is 1.25 bits per heavy atom. The molecule has 2 rings (SSSR count). The molecule has 0 spiro atoms. The summed E-state index contributed by atoms with van der Waals surface area (Å²) >= 11 is 0. The molecular weight excluding hydrogens is 200 g/mol. The Balaban J connectivity index is 2.36. The van der Waals surface area contributed by atoms with Crippen LogP contribution in [0.15, 0.2) is 28.7 Å². The van der Waals surface area contributed by atoms with Crippen LogP contribution in [0.4, 0.5) is 5.69 Å². The zero-order chi connectivity index (χ0) is 11.5. The lowest BCUT2D eigenvalue weighted by Gasteiger charge is -1.97. The fraction of sp³-hybridized carbons (Fsp3) is 0.308. The molecule has 0 unspecified atom stereocenters. The van der Waals surface area contributed by atoms with Gasteiger partial charge in [-0.25, -0.2) is 4.98 Å². The van der Waals surface area contributed by atoms with Gasteiger partial charge in [0.15, 0.2) is 5.89 Å². The Morgan fingerprint density at radius 2 is 1.94 bits per heavy atom. The summed E-state index contributed by atoms with van der Waals surface area (Å²) in [6.07, 6.45) is 1.93. The van der Waals surface area contributed by atoms with Gasteiger partial charge in [0, 0.05) is 17.7 Å². The van der Waals surface area contributed by atoms with Gasteiger partial charge < -0.3 is 10.2 Å². The molecule has 0 amide bonds. The number of nitrogens with zero attached hydrogens (tertiary/aromatic N) is 1. The smallest absolute Gasteiger partial charge is 0.194 e. The lowest BCUT2D eigenvalue weighted by atomic mass is 10.1. The van der Waals surface area contributed by atoms with Crippen molar-refractivity contribution in [3.63, 3.8) is 0 Å². The van der Waals surface area contributed by atoms with E-state index in [0.717, 1.165) is 41.4 Å². The van der Waals surface area contributed by atoms with Crippen LogP contribution in [0.3, 0.4) is 0 Å². The van der Waals surface area contributed by atoms with Gasteiger partial charge in [-0.2, -0.15) is 0 Å². The zero-order valence-electron chi connectivity index (χ0n) is 9.66. The number of hydrogen-bond acceptors (Lipinski definition) is 3. The van der Waals surface area contributed by atoms with Crippen LogP contribution in [-0.4, -0.2) is 4.98 Å². The summed E-state index contributed by atoms with van der Waals surface area (Å²) in [5.41, 5.74) is 8.39. The van der Waals surface area contributed by atoms with Crippen molar-refractivity contribution in [2.45, 2.75) is 26.7 Å². The minimum atomic E-state index is 0.763. The third-order valence-corrected chi connectivity index (χ3v) is 2.49. The van der Waals surface area contributed by atoms with E-state index >= 15 is 0 Å². The Kier molecular flexibility index (Phi) is 2.95. The van der Waals surface area contributed by atoms with E-state index in [-0.39, 0.29) is 0 Å².